The van der Waals surface area contributed by atoms with Crippen molar-refractivity contribution >= 4 is 0 Å². The lowest BCUT2D eigenvalue weighted by atomic mass is 10.0. The quantitative estimate of drug-likeness (QED) is 0.458. The molecule has 0 N–H and O–H groups in total. The maximum absolute atomic E-state index is 5.46. The van der Waals surface area contributed by atoms with Gasteiger partial charge in [-0.1, -0.05) is 30.7 Å². The molecule has 2 heteroatoms. The van der Waals surface area contributed by atoms with Crippen molar-refractivity contribution in [3.05, 3.63) is 24.3 Å². The maximum atomic E-state index is 5.46. The number of allylic oxidation sites excluding steroid dienone is 4. The van der Waals surface area contributed by atoms with Gasteiger partial charge >= 0.3 is 0 Å². The smallest absolute Gasteiger partial charge is 0.104 e. The Hall–Kier alpha value is -0.600. The predicted molar refractivity (Wildman–Crippen MR) is 56.2 cm³/mol. The Balaban J connectivity index is 1.39. The molecule has 0 aromatic heterocycles. The first kappa shape index (κ1) is 9.94. The van der Waals surface area contributed by atoms with Gasteiger partial charge in [0.25, 0.3) is 0 Å². The van der Waals surface area contributed by atoms with Crippen LogP contribution in [-0.4, -0.2) is 25.9 Å². The van der Waals surface area contributed by atoms with Gasteiger partial charge in [0, 0.05) is 6.61 Å². The molecule has 0 spiro atoms. The number of rotatable bonds is 7. The van der Waals surface area contributed by atoms with Crippen molar-refractivity contribution in [2.75, 3.05) is 19.8 Å². The van der Waals surface area contributed by atoms with E-state index in [0.29, 0.717) is 12.0 Å². The molecule has 0 amide bonds. The van der Waals surface area contributed by atoms with Crippen LogP contribution in [0, 0.1) is 5.92 Å². The van der Waals surface area contributed by atoms with Gasteiger partial charge in [0.05, 0.1) is 13.2 Å². The Labute approximate surface area is 85.6 Å². The van der Waals surface area contributed by atoms with Crippen molar-refractivity contribution in [3.63, 3.8) is 0 Å². The number of epoxide rings is 1. The van der Waals surface area contributed by atoms with Crippen molar-refractivity contribution in [3.8, 4) is 0 Å². The molecule has 0 aromatic rings. The minimum Gasteiger partial charge on any atom is -0.379 e. The lowest BCUT2D eigenvalue weighted by molar-refractivity contribution is 0.112. The van der Waals surface area contributed by atoms with E-state index >= 15 is 0 Å². The van der Waals surface area contributed by atoms with Crippen LogP contribution < -0.4 is 0 Å². The Morgan fingerprint density at radius 3 is 2.71 bits per heavy atom. The summed E-state index contributed by atoms with van der Waals surface area (Å²) in [6.07, 6.45) is 12.9. The molecule has 0 bridgehead atoms. The highest BCUT2D eigenvalue weighted by Gasteiger charge is 2.21. The molecular formula is C12H18O2. The van der Waals surface area contributed by atoms with Crippen LogP contribution in [0.25, 0.3) is 0 Å². The number of unbranched alkanes of at least 4 members (excludes halogenated alkanes) is 1. The Kier molecular flexibility index (Phi) is 3.78. The standard InChI is InChI=1S/C12H18O2/c1-2-6-11(5-1)7-3-4-8-13-9-12-10-14-12/h1-2,5-6,11-12H,3-4,7-10H2. The van der Waals surface area contributed by atoms with E-state index in [1.165, 1.54) is 19.3 Å². The summed E-state index contributed by atoms with van der Waals surface area (Å²) < 4.78 is 10.5. The van der Waals surface area contributed by atoms with E-state index in [2.05, 4.69) is 24.3 Å². The highest BCUT2D eigenvalue weighted by molar-refractivity contribution is 5.17. The molecule has 1 atom stereocenters. The minimum atomic E-state index is 0.413. The van der Waals surface area contributed by atoms with Gasteiger partial charge in [-0.05, 0) is 18.8 Å². The van der Waals surface area contributed by atoms with Gasteiger partial charge in [-0.2, -0.15) is 0 Å². The molecular weight excluding hydrogens is 176 g/mol. The van der Waals surface area contributed by atoms with Crippen molar-refractivity contribution < 1.29 is 9.47 Å². The Bertz CT molecular complexity index is 204. The average molecular weight is 194 g/mol. The van der Waals surface area contributed by atoms with Gasteiger partial charge < -0.3 is 9.47 Å². The lowest BCUT2D eigenvalue weighted by Crippen LogP contribution is -2.03. The molecule has 1 heterocycles. The van der Waals surface area contributed by atoms with E-state index in [1.54, 1.807) is 0 Å². The van der Waals surface area contributed by atoms with Crippen LogP contribution >= 0.6 is 0 Å². The summed E-state index contributed by atoms with van der Waals surface area (Å²) in [6, 6.07) is 0. The highest BCUT2D eigenvalue weighted by Crippen LogP contribution is 2.16. The number of ether oxygens (including phenoxy) is 2. The second kappa shape index (κ2) is 5.32. The molecule has 1 aliphatic carbocycles. The fourth-order valence-corrected chi connectivity index (χ4v) is 1.63. The third kappa shape index (κ3) is 3.64. The summed E-state index contributed by atoms with van der Waals surface area (Å²) in [4.78, 5) is 0. The molecule has 2 nitrogen and oxygen atoms in total. The summed E-state index contributed by atoms with van der Waals surface area (Å²) in [5.41, 5.74) is 0. The summed E-state index contributed by atoms with van der Waals surface area (Å²) >= 11 is 0. The molecule has 14 heavy (non-hydrogen) atoms. The summed E-state index contributed by atoms with van der Waals surface area (Å²) in [7, 11) is 0. The lowest BCUT2D eigenvalue weighted by Gasteiger charge is -2.05. The minimum absolute atomic E-state index is 0.413. The molecule has 2 aliphatic rings. The largest absolute Gasteiger partial charge is 0.379 e. The second-order valence-corrected chi connectivity index (χ2v) is 3.96. The van der Waals surface area contributed by atoms with Crippen LogP contribution in [0.4, 0.5) is 0 Å². The van der Waals surface area contributed by atoms with E-state index in [0.717, 1.165) is 19.8 Å². The highest BCUT2D eigenvalue weighted by atomic mass is 16.6. The van der Waals surface area contributed by atoms with Gasteiger partial charge in [0.1, 0.15) is 6.10 Å². The Morgan fingerprint density at radius 2 is 2.00 bits per heavy atom. The van der Waals surface area contributed by atoms with Crippen molar-refractivity contribution in [1.82, 2.24) is 0 Å². The second-order valence-electron chi connectivity index (χ2n) is 3.96. The molecule has 0 radical (unpaired) electrons. The first-order valence-electron chi connectivity index (χ1n) is 5.49. The van der Waals surface area contributed by atoms with Crippen molar-refractivity contribution in [2.45, 2.75) is 25.4 Å². The van der Waals surface area contributed by atoms with Crippen LogP contribution in [0.15, 0.2) is 24.3 Å². The normalized spacial score (nSPS) is 24.7. The molecule has 0 aromatic carbocycles. The average Bonchev–Trinajstić information content (AvgIpc) is 2.87. The zero-order chi connectivity index (χ0) is 9.64. The molecule has 1 unspecified atom stereocenters. The maximum Gasteiger partial charge on any atom is 0.104 e. The van der Waals surface area contributed by atoms with Crippen LogP contribution in [-0.2, 0) is 9.47 Å². The molecule has 1 fully saturated rings. The summed E-state index contributed by atoms with van der Waals surface area (Å²) in [6.45, 7) is 2.58. The first-order chi connectivity index (χ1) is 6.95. The fraction of sp³-hybridized carbons (Fsp3) is 0.667. The number of hydrogen-bond donors (Lipinski definition) is 0. The van der Waals surface area contributed by atoms with E-state index < -0.39 is 0 Å². The zero-order valence-corrected chi connectivity index (χ0v) is 8.52. The molecule has 1 saturated heterocycles. The zero-order valence-electron chi connectivity index (χ0n) is 8.52. The van der Waals surface area contributed by atoms with Crippen LogP contribution in [0.3, 0.4) is 0 Å². The topological polar surface area (TPSA) is 21.8 Å². The first-order valence-corrected chi connectivity index (χ1v) is 5.49. The summed E-state index contributed by atoms with van der Waals surface area (Å²) in [5, 5.41) is 0. The van der Waals surface area contributed by atoms with E-state index in [1.807, 2.05) is 0 Å². The van der Waals surface area contributed by atoms with E-state index in [-0.39, 0.29) is 0 Å². The molecule has 78 valence electrons. The fourth-order valence-electron chi connectivity index (χ4n) is 1.63. The summed E-state index contributed by atoms with van der Waals surface area (Å²) in [5.74, 6) is 0.682. The monoisotopic (exact) mass is 194 g/mol. The molecule has 2 rings (SSSR count). The number of hydrogen-bond acceptors (Lipinski definition) is 2. The molecule has 0 saturated carbocycles. The van der Waals surface area contributed by atoms with Crippen molar-refractivity contribution in [2.24, 2.45) is 5.92 Å². The van der Waals surface area contributed by atoms with Gasteiger partial charge in [-0.3, -0.25) is 0 Å². The SMILES string of the molecule is C1=CC(CCCCOCC2CO2)C=C1. The Morgan fingerprint density at radius 1 is 1.21 bits per heavy atom. The predicted octanol–water partition coefficient (Wildman–Crippen LogP) is 2.31. The van der Waals surface area contributed by atoms with Gasteiger partial charge in [0.2, 0.25) is 0 Å². The third-order valence-electron chi connectivity index (χ3n) is 2.61. The van der Waals surface area contributed by atoms with Gasteiger partial charge in [-0.15, -0.1) is 0 Å². The van der Waals surface area contributed by atoms with Crippen LogP contribution in [0.2, 0.25) is 0 Å². The molecule has 1 aliphatic heterocycles. The third-order valence-corrected chi connectivity index (χ3v) is 2.61. The van der Waals surface area contributed by atoms with Gasteiger partial charge in [0.15, 0.2) is 0 Å². The van der Waals surface area contributed by atoms with Gasteiger partial charge in [-0.25, -0.2) is 0 Å². The van der Waals surface area contributed by atoms with Crippen LogP contribution in [0.5, 0.6) is 0 Å². The van der Waals surface area contributed by atoms with E-state index in [4.69, 9.17) is 9.47 Å². The van der Waals surface area contributed by atoms with Crippen molar-refractivity contribution in [1.29, 1.82) is 0 Å². The van der Waals surface area contributed by atoms with E-state index in [9.17, 15) is 0 Å². The van der Waals surface area contributed by atoms with Crippen LogP contribution in [0.1, 0.15) is 19.3 Å².